The highest BCUT2D eigenvalue weighted by Gasteiger charge is 2.33. The molecule has 1 aliphatic rings. The number of likely N-dealkylation sites (tertiary alicyclic amines) is 1. The molecule has 3 aromatic carbocycles. The summed E-state index contributed by atoms with van der Waals surface area (Å²) in [7, 11) is 0. The zero-order chi connectivity index (χ0) is 18.4. The number of hydrogen-bond acceptors (Lipinski definition) is 4. The molecule has 1 atom stereocenters. The molecule has 4 aromatic rings. The molecule has 1 unspecified atom stereocenters. The maximum Gasteiger partial charge on any atom is 0.258 e. The minimum absolute atomic E-state index is 0.0271. The molecule has 1 saturated heterocycles. The molecule has 0 spiro atoms. The SMILES string of the molecule is O=C(c1cc2ccccc2cc1O)N1CCCC1c1nc2ccccc2s1. The van der Waals surface area contributed by atoms with Crippen LogP contribution < -0.4 is 0 Å². The molecule has 1 aliphatic heterocycles. The Morgan fingerprint density at radius 3 is 2.63 bits per heavy atom. The van der Waals surface area contributed by atoms with E-state index in [-0.39, 0.29) is 17.7 Å². The van der Waals surface area contributed by atoms with Gasteiger partial charge in [-0.1, -0.05) is 36.4 Å². The Morgan fingerprint density at radius 2 is 1.81 bits per heavy atom. The fourth-order valence-electron chi connectivity index (χ4n) is 3.85. The Bertz CT molecular complexity index is 1130. The van der Waals surface area contributed by atoms with E-state index in [1.54, 1.807) is 23.5 Å². The Balaban J connectivity index is 1.53. The van der Waals surface area contributed by atoms with Gasteiger partial charge in [-0.25, -0.2) is 4.98 Å². The summed E-state index contributed by atoms with van der Waals surface area (Å²) in [6, 6.07) is 19.3. The number of aromatic nitrogens is 1. The number of phenolic OH excluding ortho intramolecular Hbond substituents is 1. The van der Waals surface area contributed by atoms with Crippen LogP contribution in [0.3, 0.4) is 0 Å². The smallest absolute Gasteiger partial charge is 0.258 e. The number of nitrogens with zero attached hydrogens (tertiary/aromatic N) is 2. The minimum atomic E-state index is -0.125. The summed E-state index contributed by atoms with van der Waals surface area (Å²) in [6.45, 7) is 0.686. The average Bonchev–Trinajstić information content (AvgIpc) is 3.33. The molecule has 0 radical (unpaired) electrons. The minimum Gasteiger partial charge on any atom is -0.507 e. The van der Waals surface area contributed by atoms with Crippen molar-refractivity contribution in [3.05, 3.63) is 71.2 Å². The number of hydrogen-bond donors (Lipinski definition) is 1. The van der Waals surface area contributed by atoms with Crippen molar-refractivity contribution in [1.82, 2.24) is 9.88 Å². The van der Waals surface area contributed by atoms with Crippen LogP contribution in [-0.4, -0.2) is 27.4 Å². The van der Waals surface area contributed by atoms with Crippen LogP contribution in [0.15, 0.2) is 60.7 Å². The first-order valence-electron chi connectivity index (χ1n) is 9.09. The van der Waals surface area contributed by atoms with Crippen molar-refractivity contribution in [1.29, 1.82) is 0 Å². The summed E-state index contributed by atoms with van der Waals surface area (Å²) >= 11 is 1.65. The van der Waals surface area contributed by atoms with Crippen LogP contribution in [0.5, 0.6) is 5.75 Å². The zero-order valence-electron chi connectivity index (χ0n) is 14.6. The van der Waals surface area contributed by atoms with E-state index in [1.165, 1.54) is 0 Å². The molecule has 1 aromatic heterocycles. The van der Waals surface area contributed by atoms with E-state index in [1.807, 2.05) is 47.4 Å². The summed E-state index contributed by atoms with van der Waals surface area (Å²) in [5, 5.41) is 13.3. The third-order valence-corrected chi connectivity index (χ3v) is 6.34. The lowest BCUT2D eigenvalue weighted by Gasteiger charge is -2.23. The lowest BCUT2D eigenvalue weighted by atomic mass is 10.0. The van der Waals surface area contributed by atoms with Gasteiger partial charge in [-0.15, -0.1) is 11.3 Å². The standard InChI is InChI=1S/C22H18N2O2S/c25-19-13-15-7-2-1-6-14(15)12-16(19)22(26)24-11-5-9-18(24)21-23-17-8-3-4-10-20(17)27-21/h1-4,6-8,10,12-13,18,25H,5,9,11H2. The van der Waals surface area contributed by atoms with Gasteiger partial charge in [0, 0.05) is 6.54 Å². The second-order valence-corrected chi connectivity index (χ2v) is 7.96. The molecule has 2 heterocycles. The van der Waals surface area contributed by atoms with Gasteiger partial charge < -0.3 is 10.0 Å². The van der Waals surface area contributed by atoms with Crippen molar-refractivity contribution in [2.24, 2.45) is 0 Å². The number of thiazole rings is 1. The summed E-state index contributed by atoms with van der Waals surface area (Å²) < 4.78 is 1.14. The molecule has 5 rings (SSSR count). The van der Waals surface area contributed by atoms with Gasteiger partial charge in [0.2, 0.25) is 0 Å². The van der Waals surface area contributed by atoms with Gasteiger partial charge in [-0.2, -0.15) is 0 Å². The van der Waals surface area contributed by atoms with Crippen LogP contribution in [0.4, 0.5) is 0 Å². The topological polar surface area (TPSA) is 53.4 Å². The van der Waals surface area contributed by atoms with E-state index in [0.717, 1.165) is 38.8 Å². The molecule has 1 amide bonds. The van der Waals surface area contributed by atoms with E-state index >= 15 is 0 Å². The van der Waals surface area contributed by atoms with E-state index in [4.69, 9.17) is 4.98 Å². The van der Waals surface area contributed by atoms with Gasteiger partial charge in [0.15, 0.2) is 0 Å². The van der Waals surface area contributed by atoms with Crippen molar-refractivity contribution in [3.8, 4) is 5.75 Å². The van der Waals surface area contributed by atoms with Crippen LogP contribution >= 0.6 is 11.3 Å². The molecule has 1 fully saturated rings. The summed E-state index contributed by atoms with van der Waals surface area (Å²) in [6.07, 6.45) is 1.85. The monoisotopic (exact) mass is 374 g/mol. The fourth-order valence-corrected chi connectivity index (χ4v) is 4.97. The van der Waals surface area contributed by atoms with Crippen LogP contribution in [-0.2, 0) is 0 Å². The fraction of sp³-hybridized carbons (Fsp3) is 0.182. The highest BCUT2D eigenvalue weighted by Crippen LogP contribution is 2.38. The molecular weight excluding hydrogens is 356 g/mol. The van der Waals surface area contributed by atoms with E-state index in [2.05, 4.69) is 6.07 Å². The molecule has 134 valence electrons. The summed E-state index contributed by atoms with van der Waals surface area (Å²) in [4.78, 5) is 19.9. The quantitative estimate of drug-likeness (QED) is 0.529. The second-order valence-electron chi connectivity index (χ2n) is 6.89. The van der Waals surface area contributed by atoms with Crippen LogP contribution in [0.2, 0.25) is 0 Å². The maximum absolute atomic E-state index is 13.3. The molecule has 1 N–H and O–H groups in total. The Morgan fingerprint density at radius 1 is 1.07 bits per heavy atom. The lowest BCUT2D eigenvalue weighted by molar-refractivity contribution is 0.0732. The molecule has 0 bridgehead atoms. The Labute approximate surface area is 160 Å². The zero-order valence-corrected chi connectivity index (χ0v) is 15.4. The highest BCUT2D eigenvalue weighted by molar-refractivity contribution is 7.18. The normalized spacial score (nSPS) is 17.0. The van der Waals surface area contributed by atoms with Gasteiger partial charge in [0.05, 0.1) is 21.8 Å². The van der Waals surface area contributed by atoms with Crippen molar-refractivity contribution in [2.75, 3.05) is 6.54 Å². The van der Waals surface area contributed by atoms with Crippen LogP contribution in [0.25, 0.3) is 21.0 Å². The summed E-state index contributed by atoms with van der Waals surface area (Å²) in [5.74, 6) is -0.0892. The number of carbonyl (C=O) groups excluding carboxylic acids is 1. The van der Waals surface area contributed by atoms with Crippen molar-refractivity contribution >= 4 is 38.2 Å². The van der Waals surface area contributed by atoms with Crippen LogP contribution in [0.1, 0.15) is 34.2 Å². The molecule has 27 heavy (non-hydrogen) atoms. The van der Waals surface area contributed by atoms with Gasteiger partial charge in [0.1, 0.15) is 10.8 Å². The molecule has 4 nitrogen and oxygen atoms in total. The third kappa shape index (κ3) is 2.75. The first-order chi connectivity index (χ1) is 13.2. The number of aromatic hydroxyl groups is 1. The first kappa shape index (κ1) is 16.3. The highest BCUT2D eigenvalue weighted by atomic mass is 32.1. The van der Waals surface area contributed by atoms with E-state index in [0.29, 0.717) is 12.1 Å². The van der Waals surface area contributed by atoms with Gasteiger partial charge in [0.25, 0.3) is 5.91 Å². The number of benzene rings is 3. The van der Waals surface area contributed by atoms with Crippen LogP contribution in [0, 0.1) is 0 Å². The first-order valence-corrected chi connectivity index (χ1v) is 9.90. The number of phenols is 1. The second kappa shape index (κ2) is 6.35. The van der Waals surface area contributed by atoms with Crippen molar-refractivity contribution < 1.29 is 9.90 Å². The number of rotatable bonds is 2. The Hall–Kier alpha value is -2.92. The summed E-state index contributed by atoms with van der Waals surface area (Å²) in [5.41, 5.74) is 1.34. The third-order valence-electron chi connectivity index (χ3n) is 5.20. The van der Waals surface area contributed by atoms with E-state index in [9.17, 15) is 9.90 Å². The number of carbonyl (C=O) groups is 1. The predicted octanol–water partition coefficient (Wildman–Crippen LogP) is 5.13. The van der Waals surface area contributed by atoms with Crippen molar-refractivity contribution in [3.63, 3.8) is 0 Å². The van der Waals surface area contributed by atoms with Gasteiger partial charge >= 0.3 is 0 Å². The number of amides is 1. The van der Waals surface area contributed by atoms with Crippen molar-refractivity contribution in [2.45, 2.75) is 18.9 Å². The Kier molecular flexibility index (Phi) is 3.83. The molecular formula is C22H18N2O2S. The van der Waals surface area contributed by atoms with E-state index < -0.39 is 0 Å². The number of fused-ring (bicyclic) bond motifs is 2. The number of para-hydroxylation sites is 1. The molecule has 0 saturated carbocycles. The largest absolute Gasteiger partial charge is 0.507 e. The van der Waals surface area contributed by atoms with Gasteiger partial charge in [-0.3, -0.25) is 4.79 Å². The average molecular weight is 374 g/mol. The van der Waals surface area contributed by atoms with Gasteiger partial charge in [-0.05, 0) is 47.9 Å². The molecule has 5 heteroatoms. The maximum atomic E-state index is 13.3. The lowest BCUT2D eigenvalue weighted by Crippen LogP contribution is -2.30. The molecule has 0 aliphatic carbocycles. The predicted molar refractivity (Wildman–Crippen MR) is 108 cm³/mol.